The van der Waals surface area contributed by atoms with Crippen molar-refractivity contribution in [3.8, 4) is 11.1 Å². The Bertz CT molecular complexity index is 529. The molecule has 0 amide bonds. The number of rotatable bonds is 3. The van der Waals surface area contributed by atoms with Gasteiger partial charge in [0.15, 0.2) is 0 Å². The standard InChI is InChI=1S/C16H19ClSi/c1-11(2)12-6-8-13(9-7-12)16-14(10-17)4-3-5-15(16)18/h3-9,11H,10H2,1-2,18H3. The van der Waals surface area contributed by atoms with Crippen molar-refractivity contribution in [1.29, 1.82) is 0 Å². The first-order valence-corrected chi connectivity index (χ1v) is 7.91. The summed E-state index contributed by atoms with van der Waals surface area (Å²) in [6, 6.07) is 15.3. The second-order valence-electron chi connectivity index (χ2n) is 5.02. The molecular weight excluding hydrogens is 256 g/mol. The Morgan fingerprint density at radius 3 is 2.28 bits per heavy atom. The SMILES string of the molecule is CC(C)c1ccc(-c2c([SiH3])cccc2CCl)cc1. The maximum absolute atomic E-state index is 6.05. The lowest BCUT2D eigenvalue weighted by molar-refractivity contribution is 0.867. The Labute approximate surface area is 117 Å². The van der Waals surface area contributed by atoms with Crippen LogP contribution in [-0.2, 0) is 5.88 Å². The Morgan fingerprint density at radius 2 is 1.72 bits per heavy atom. The molecule has 0 N–H and O–H groups in total. The number of benzene rings is 2. The zero-order valence-corrected chi connectivity index (χ0v) is 14.0. The van der Waals surface area contributed by atoms with Crippen molar-refractivity contribution in [3.05, 3.63) is 53.6 Å². The van der Waals surface area contributed by atoms with Crippen molar-refractivity contribution < 1.29 is 0 Å². The molecule has 0 saturated heterocycles. The third-order valence-corrected chi connectivity index (χ3v) is 4.49. The minimum Gasteiger partial charge on any atom is -0.122 e. The highest BCUT2D eigenvalue weighted by Gasteiger charge is 2.07. The molecule has 2 rings (SSSR count). The van der Waals surface area contributed by atoms with Gasteiger partial charge in [-0.2, -0.15) is 0 Å². The monoisotopic (exact) mass is 274 g/mol. The highest BCUT2D eigenvalue weighted by molar-refractivity contribution is 6.36. The summed E-state index contributed by atoms with van der Waals surface area (Å²) in [5.41, 5.74) is 5.26. The molecule has 0 spiro atoms. The van der Waals surface area contributed by atoms with Crippen molar-refractivity contribution >= 4 is 27.0 Å². The van der Waals surface area contributed by atoms with E-state index in [0.29, 0.717) is 11.8 Å². The first-order chi connectivity index (χ1) is 8.63. The first kappa shape index (κ1) is 13.4. The predicted molar refractivity (Wildman–Crippen MR) is 85.1 cm³/mol. The summed E-state index contributed by atoms with van der Waals surface area (Å²) in [6.07, 6.45) is 0. The summed E-state index contributed by atoms with van der Waals surface area (Å²) < 4.78 is 0. The van der Waals surface area contributed by atoms with Crippen LogP contribution in [0.25, 0.3) is 11.1 Å². The molecule has 2 aromatic carbocycles. The van der Waals surface area contributed by atoms with Gasteiger partial charge in [0.25, 0.3) is 0 Å². The van der Waals surface area contributed by atoms with Crippen molar-refractivity contribution in [2.75, 3.05) is 0 Å². The van der Waals surface area contributed by atoms with Gasteiger partial charge in [-0.25, -0.2) is 0 Å². The summed E-state index contributed by atoms with van der Waals surface area (Å²) in [7, 11) is 1.05. The Hall–Kier alpha value is -1.05. The van der Waals surface area contributed by atoms with Gasteiger partial charge in [0, 0.05) is 16.1 Å². The Balaban J connectivity index is 2.48. The van der Waals surface area contributed by atoms with E-state index in [0.717, 1.165) is 10.2 Å². The van der Waals surface area contributed by atoms with Gasteiger partial charge in [-0.3, -0.25) is 0 Å². The van der Waals surface area contributed by atoms with Crippen LogP contribution >= 0.6 is 11.6 Å². The molecule has 0 nitrogen and oxygen atoms in total. The highest BCUT2D eigenvalue weighted by atomic mass is 35.5. The summed E-state index contributed by atoms with van der Waals surface area (Å²) >= 11 is 6.05. The third-order valence-electron chi connectivity index (χ3n) is 3.37. The maximum atomic E-state index is 6.05. The lowest BCUT2D eigenvalue weighted by Crippen LogP contribution is -2.08. The van der Waals surface area contributed by atoms with Gasteiger partial charge in [0.05, 0.1) is 0 Å². The fourth-order valence-corrected chi connectivity index (χ4v) is 3.31. The fourth-order valence-electron chi connectivity index (χ4n) is 2.29. The normalized spacial score (nSPS) is 11.1. The van der Waals surface area contributed by atoms with E-state index in [-0.39, 0.29) is 0 Å². The molecule has 0 aliphatic carbocycles. The molecule has 0 aromatic heterocycles. The van der Waals surface area contributed by atoms with E-state index in [9.17, 15) is 0 Å². The summed E-state index contributed by atoms with van der Waals surface area (Å²) in [4.78, 5) is 0. The molecule has 0 bridgehead atoms. The van der Waals surface area contributed by atoms with Crippen LogP contribution in [0, 0.1) is 0 Å². The molecule has 0 aliphatic heterocycles. The number of alkyl halides is 1. The molecule has 0 saturated carbocycles. The van der Waals surface area contributed by atoms with Crippen LogP contribution < -0.4 is 5.19 Å². The topological polar surface area (TPSA) is 0 Å². The number of hydrogen-bond donors (Lipinski definition) is 0. The number of hydrogen-bond acceptors (Lipinski definition) is 0. The number of halogens is 1. The van der Waals surface area contributed by atoms with Crippen molar-refractivity contribution in [2.45, 2.75) is 25.6 Å². The minimum absolute atomic E-state index is 0.581. The zero-order chi connectivity index (χ0) is 13.1. The van der Waals surface area contributed by atoms with Crippen LogP contribution in [-0.4, -0.2) is 10.2 Å². The highest BCUT2D eigenvalue weighted by Crippen LogP contribution is 2.25. The third kappa shape index (κ3) is 2.68. The van der Waals surface area contributed by atoms with E-state index < -0.39 is 0 Å². The second kappa shape index (κ2) is 5.72. The van der Waals surface area contributed by atoms with Crippen LogP contribution in [0.4, 0.5) is 0 Å². The molecule has 0 atom stereocenters. The van der Waals surface area contributed by atoms with E-state index in [1.165, 1.54) is 27.4 Å². The molecule has 94 valence electrons. The second-order valence-corrected chi connectivity index (χ2v) is 6.36. The average molecular weight is 275 g/mol. The molecule has 0 unspecified atom stereocenters. The van der Waals surface area contributed by atoms with Crippen molar-refractivity contribution in [3.63, 3.8) is 0 Å². The van der Waals surface area contributed by atoms with Gasteiger partial charge in [-0.1, -0.05) is 61.5 Å². The van der Waals surface area contributed by atoms with Crippen molar-refractivity contribution in [2.24, 2.45) is 0 Å². The van der Waals surface area contributed by atoms with Crippen LogP contribution in [0.15, 0.2) is 42.5 Å². The maximum Gasteiger partial charge on any atom is 0.0480 e. The lowest BCUT2D eigenvalue weighted by atomic mass is 9.96. The van der Waals surface area contributed by atoms with E-state index in [4.69, 9.17) is 11.6 Å². The quantitative estimate of drug-likeness (QED) is 0.596. The largest absolute Gasteiger partial charge is 0.122 e. The van der Waals surface area contributed by atoms with E-state index in [1.54, 1.807) is 0 Å². The molecule has 0 fully saturated rings. The van der Waals surface area contributed by atoms with Crippen LogP contribution in [0.5, 0.6) is 0 Å². The molecule has 0 aliphatic rings. The summed E-state index contributed by atoms with van der Waals surface area (Å²) in [5.74, 6) is 1.16. The molecule has 0 heterocycles. The van der Waals surface area contributed by atoms with E-state index >= 15 is 0 Å². The van der Waals surface area contributed by atoms with Gasteiger partial charge < -0.3 is 0 Å². The summed E-state index contributed by atoms with van der Waals surface area (Å²) in [5, 5.41) is 1.42. The van der Waals surface area contributed by atoms with Gasteiger partial charge in [0.1, 0.15) is 0 Å². The predicted octanol–water partition coefficient (Wildman–Crippen LogP) is 3.21. The molecule has 2 aromatic rings. The summed E-state index contributed by atoms with van der Waals surface area (Å²) in [6.45, 7) is 4.44. The molecular formula is C16H19ClSi. The lowest BCUT2D eigenvalue weighted by Gasteiger charge is -2.12. The smallest absolute Gasteiger partial charge is 0.0480 e. The average Bonchev–Trinajstić information content (AvgIpc) is 2.38. The Kier molecular flexibility index (Phi) is 4.26. The van der Waals surface area contributed by atoms with Gasteiger partial charge in [-0.15, -0.1) is 11.6 Å². The van der Waals surface area contributed by atoms with E-state index in [2.05, 4.69) is 56.3 Å². The minimum atomic E-state index is 0.581. The molecule has 2 heteroatoms. The molecule has 0 radical (unpaired) electrons. The van der Waals surface area contributed by atoms with Crippen molar-refractivity contribution in [1.82, 2.24) is 0 Å². The first-order valence-electron chi connectivity index (χ1n) is 6.38. The van der Waals surface area contributed by atoms with Crippen LogP contribution in [0.3, 0.4) is 0 Å². The molecule has 18 heavy (non-hydrogen) atoms. The van der Waals surface area contributed by atoms with Crippen LogP contribution in [0.1, 0.15) is 30.9 Å². The van der Waals surface area contributed by atoms with Gasteiger partial charge in [-0.05, 0) is 28.2 Å². The van der Waals surface area contributed by atoms with E-state index in [1.807, 2.05) is 0 Å². The Morgan fingerprint density at radius 1 is 1.06 bits per heavy atom. The van der Waals surface area contributed by atoms with Gasteiger partial charge in [0.2, 0.25) is 0 Å². The zero-order valence-electron chi connectivity index (χ0n) is 11.2. The van der Waals surface area contributed by atoms with Gasteiger partial charge >= 0.3 is 0 Å². The fraction of sp³-hybridized carbons (Fsp3) is 0.250. The van der Waals surface area contributed by atoms with Crippen LogP contribution in [0.2, 0.25) is 0 Å².